The highest BCUT2D eigenvalue weighted by molar-refractivity contribution is 7.89. The molecule has 1 atom stereocenters. The van der Waals surface area contributed by atoms with E-state index in [4.69, 9.17) is 4.42 Å². The summed E-state index contributed by atoms with van der Waals surface area (Å²) < 4.78 is 36.5. The zero-order valence-electron chi connectivity index (χ0n) is 11.9. The van der Waals surface area contributed by atoms with Crippen LogP contribution in [0.5, 0.6) is 0 Å². The molecule has 0 aromatic carbocycles. The molecule has 2 aromatic heterocycles. The lowest BCUT2D eigenvalue weighted by Gasteiger charge is -2.21. The molecule has 120 valence electrons. The number of hydrogen-bond acceptors (Lipinski definition) is 7. The minimum absolute atomic E-state index is 0.0207. The standard InChI is InChI=1S/C13H15NO6S2/c1-13(16,10-4-3-6-20-10)8-14-22(17,18)9-5-7-21-11(9)12(15)19-2/h3-7,14,16H,8H2,1-2H3. The summed E-state index contributed by atoms with van der Waals surface area (Å²) in [6, 6.07) is 4.44. The number of ether oxygens (including phenoxy) is 1. The van der Waals surface area contributed by atoms with Crippen molar-refractivity contribution >= 4 is 27.3 Å². The van der Waals surface area contributed by atoms with Crippen molar-refractivity contribution in [1.29, 1.82) is 0 Å². The minimum atomic E-state index is -3.97. The van der Waals surface area contributed by atoms with E-state index in [1.54, 1.807) is 12.1 Å². The number of thiophene rings is 1. The van der Waals surface area contributed by atoms with E-state index in [0.717, 1.165) is 11.3 Å². The SMILES string of the molecule is COC(=O)c1sccc1S(=O)(=O)NCC(C)(O)c1ccco1. The number of sulfonamides is 1. The lowest BCUT2D eigenvalue weighted by molar-refractivity contribution is 0.0395. The number of hydrogen-bond donors (Lipinski definition) is 2. The van der Waals surface area contributed by atoms with Crippen LogP contribution in [-0.2, 0) is 20.4 Å². The average molecular weight is 345 g/mol. The fourth-order valence-electron chi connectivity index (χ4n) is 1.74. The maximum absolute atomic E-state index is 12.3. The van der Waals surface area contributed by atoms with Crippen LogP contribution in [0.15, 0.2) is 39.2 Å². The number of rotatable bonds is 6. The molecule has 2 rings (SSSR count). The number of methoxy groups -OCH3 is 1. The lowest BCUT2D eigenvalue weighted by atomic mass is 10.1. The van der Waals surface area contributed by atoms with E-state index in [1.807, 2.05) is 0 Å². The molecule has 0 fully saturated rings. The van der Waals surface area contributed by atoms with E-state index >= 15 is 0 Å². The monoisotopic (exact) mass is 345 g/mol. The third-order valence-corrected chi connectivity index (χ3v) is 5.42. The van der Waals surface area contributed by atoms with Crippen LogP contribution < -0.4 is 4.72 Å². The molecule has 2 heterocycles. The maximum atomic E-state index is 12.3. The van der Waals surface area contributed by atoms with Crippen LogP contribution in [0.25, 0.3) is 0 Å². The van der Waals surface area contributed by atoms with Crippen molar-refractivity contribution < 1.29 is 27.5 Å². The molecule has 0 aliphatic rings. The van der Waals surface area contributed by atoms with Gasteiger partial charge in [0.2, 0.25) is 10.0 Å². The second-order valence-electron chi connectivity index (χ2n) is 4.68. The maximum Gasteiger partial charge on any atom is 0.349 e. The van der Waals surface area contributed by atoms with E-state index in [9.17, 15) is 18.3 Å². The fraction of sp³-hybridized carbons (Fsp3) is 0.308. The molecular formula is C13H15NO6S2. The summed E-state index contributed by atoms with van der Waals surface area (Å²) in [5.74, 6) is -0.498. The number of nitrogens with one attached hydrogen (secondary N) is 1. The molecule has 0 saturated heterocycles. The Morgan fingerprint density at radius 1 is 1.50 bits per heavy atom. The molecule has 0 saturated carbocycles. The Hall–Kier alpha value is -1.68. The van der Waals surface area contributed by atoms with Crippen LogP contribution >= 0.6 is 11.3 Å². The Bertz CT molecular complexity index is 745. The van der Waals surface area contributed by atoms with E-state index < -0.39 is 21.6 Å². The van der Waals surface area contributed by atoms with Gasteiger partial charge in [0, 0.05) is 6.54 Å². The second-order valence-corrected chi connectivity index (χ2v) is 7.33. The van der Waals surface area contributed by atoms with Gasteiger partial charge in [0.25, 0.3) is 0 Å². The van der Waals surface area contributed by atoms with Gasteiger partial charge in [-0.2, -0.15) is 0 Å². The van der Waals surface area contributed by atoms with Gasteiger partial charge in [0.15, 0.2) is 0 Å². The molecule has 0 radical (unpaired) electrons. The van der Waals surface area contributed by atoms with Gasteiger partial charge in [0.05, 0.1) is 13.4 Å². The van der Waals surface area contributed by atoms with Gasteiger partial charge >= 0.3 is 5.97 Å². The summed E-state index contributed by atoms with van der Waals surface area (Å²) >= 11 is 0.965. The van der Waals surface area contributed by atoms with Gasteiger partial charge in [-0.05, 0) is 30.5 Å². The van der Waals surface area contributed by atoms with Crippen LogP contribution in [0.3, 0.4) is 0 Å². The van der Waals surface area contributed by atoms with Crippen LogP contribution in [0, 0.1) is 0 Å². The topological polar surface area (TPSA) is 106 Å². The van der Waals surface area contributed by atoms with Crippen molar-refractivity contribution in [3.8, 4) is 0 Å². The zero-order valence-corrected chi connectivity index (χ0v) is 13.5. The Labute approximate surface area is 131 Å². The number of esters is 1. The van der Waals surface area contributed by atoms with E-state index in [0.29, 0.717) is 0 Å². The number of carbonyl (C=O) groups excluding carboxylic acids is 1. The first kappa shape index (κ1) is 16.7. The first-order chi connectivity index (χ1) is 10.3. The van der Waals surface area contributed by atoms with Gasteiger partial charge in [-0.25, -0.2) is 17.9 Å². The quantitative estimate of drug-likeness (QED) is 0.765. The van der Waals surface area contributed by atoms with Crippen molar-refractivity contribution in [2.75, 3.05) is 13.7 Å². The minimum Gasteiger partial charge on any atom is -0.466 e. The van der Waals surface area contributed by atoms with E-state index in [1.165, 1.54) is 31.7 Å². The molecule has 2 N–H and O–H groups in total. The Morgan fingerprint density at radius 3 is 2.82 bits per heavy atom. The third kappa shape index (κ3) is 3.38. The molecule has 0 spiro atoms. The van der Waals surface area contributed by atoms with Gasteiger partial charge in [0.1, 0.15) is 21.1 Å². The van der Waals surface area contributed by atoms with E-state index in [2.05, 4.69) is 9.46 Å². The summed E-state index contributed by atoms with van der Waals surface area (Å²) in [5, 5.41) is 11.7. The van der Waals surface area contributed by atoms with Crippen LogP contribution in [0.2, 0.25) is 0 Å². The first-order valence-corrected chi connectivity index (χ1v) is 8.56. The normalized spacial score (nSPS) is 14.5. The van der Waals surface area contributed by atoms with Crippen LogP contribution in [0.4, 0.5) is 0 Å². The van der Waals surface area contributed by atoms with Gasteiger partial charge in [-0.15, -0.1) is 11.3 Å². The predicted octanol–water partition coefficient (Wildman–Crippen LogP) is 1.31. The first-order valence-electron chi connectivity index (χ1n) is 6.20. The molecule has 9 heteroatoms. The molecule has 7 nitrogen and oxygen atoms in total. The summed E-state index contributed by atoms with van der Waals surface area (Å²) in [6.07, 6.45) is 1.38. The van der Waals surface area contributed by atoms with Gasteiger partial charge in [-0.1, -0.05) is 0 Å². The molecule has 2 aromatic rings. The zero-order chi connectivity index (χ0) is 16.4. The lowest BCUT2D eigenvalue weighted by Crippen LogP contribution is -2.38. The Morgan fingerprint density at radius 2 is 2.23 bits per heavy atom. The third-order valence-electron chi connectivity index (χ3n) is 2.95. The summed E-state index contributed by atoms with van der Waals surface area (Å²) in [4.78, 5) is 11.4. The van der Waals surface area contributed by atoms with Crippen molar-refractivity contribution in [2.24, 2.45) is 0 Å². The number of furan rings is 1. The molecule has 0 bridgehead atoms. The molecule has 0 aliphatic carbocycles. The largest absolute Gasteiger partial charge is 0.466 e. The average Bonchev–Trinajstić information content (AvgIpc) is 3.15. The van der Waals surface area contributed by atoms with Crippen molar-refractivity contribution in [3.63, 3.8) is 0 Å². The van der Waals surface area contributed by atoms with Crippen LogP contribution in [-0.4, -0.2) is 33.1 Å². The summed E-state index contributed by atoms with van der Waals surface area (Å²) in [7, 11) is -2.79. The Balaban J connectivity index is 2.19. The second kappa shape index (κ2) is 6.21. The van der Waals surface area contributed by atoms with Crippen LogP contribution in [0.1, 0.15) is 22.4 Å². The molecule has 0 amide bonds. The van der Waals surface area contributed by atoms with Gasteiger partial charge in [-0.3, -0.25) is 0 Å². The highest BCUT2D eigenvalue weighted by atomic mass is 32.2. The predicted molar refractivity (Wildman–Crippen MR) is 79.1 cm³/mol. The molecular weight excluding hydrogens is 330 g/mol. The Kier molecular flexibility index (Phi) is 4.71. The van der Waals surface area contributed by atoms with Gasteiger partial charge < -0.3 is 14.3 Å². The van der Waals surface area contributed by atoms with Crippen molar-refractivity contribution in [1.82, 2.24) is 4.72 Å². The molecule has 22 heavy (non-hydrogen) atoms. The van der Waals surface area contributed by atoms with Crippen molar-refractivity contribution in [2.45, 2.75) is 17.4 Å². The summed E-state index contributed by atoms with van der Waals surface area (Å²) in [6.45, 7) is 1.11. The van der Waals surface area contributed by atoms with E-state index in [-0.39, 0.29) is 22.1 Å². The highest BCUT2D eigenvalue weighted by Crippen LogP contribution is 2.24. The fourth-order valence-corrected chi connectivity index (χ4v) is 4.20. The molecule has 0 aliphatic heterocycles. The number of carbonyl (C=O) groups is 1. The highest BCUT2D eigenvalue weighted by Gasteiger charge is 2.31. The summed E-state index contributed by atoms with van der Waals surface area (Å²) in [5.41, 5.74) is -1.52. The van der Waals surface area contributed by atoms with Crippen molar-refractivity contribution in [3.05, 3.63) is 40.5 Å². The molecule has 1 unspecified atom stereocenters. The smallest absolute Gasteiger partial charge is 0.349 e. The number of aliphatic hydroxyl groups is 1.